The molecule has 19 heavy (non-hydrogen) atoms. The molecule has 2 N–H and O–H groups in total. The average molecular weight is 274 g/mol. The molecule has 1 aliphatic rings. The van der Waals surface area contributed by atoms with Crippen LogP contribution in [0, 0.1) is 0 Å². The van der Waals surface area contributed by atoms with Crippen LogP contribution in [-0.4, -0.2) is 19.1 Å². The summed E-state index contributed by atoms with van der Waals surface area (Å²) in [5.74, 6) is 0. The molecule has 6 heteroatoms. The van der Waals surface area contributed by atoms with Crippen LogP contribution in [0.3, 0.4) is 0 Å². The van der Waals surface area contributed by atoms with Crippen molar-refractivity contribution in [2.75, 3.05) is 0 Å². The number of rotatable bonds is 4. The molecule has 2 aromatic heterocycles. The van der Waals surface area contributed by atoms with Gasteiger partial charge in [-0.05, 0) is 30.5 Å². The molecular formula is C13H14N4OS. The number of nitrogens with two attached hydrogens (primary N) is 1. The first-order chi connectivity index (χ1) is 9.15. The minimum atomic E-state index is 0.0381. The fourth-order valence-electron chi connectivity index (χ4n) is 2.08. The Morgan fingerprint density at radius 2 is 2.26 bits per heavy atom. The molecule has 0 radical (unpaired) electrons. The van der Waals surface area contributed by atoms with Gasteiger partial charge in [-0.2, -0.15) is 0 Å². The quantitative estimate of drug-likeness (QED) is 0.847. The van der Waals surface area contributed by atoms with Crippen LogP contribution in [0.5, 0.6) is 0 Å². The lowest BCUT2D eigenvalue weighted by atomic mass is 10.2. The van der Waals surface area contributed by atoms with Crippen molar-refractivity contribution in [3.05, 3.63) is 52.5 Å². The van der Waals surface area contributed by atoms with Crippen molar-refractivity contribution in [1.82, 2.24) is 14.1 Å². The molecule has 0 bridgehead atoms. The normalized spacial score (nSPS) is 14.5. The number of thiocarbonyl (C=S) groups is 1. The molecular weight excluding hydrogens is 260 g/mol. The van der Waals surface area contributed by atoms with E-state index in [1.165, 1.54) is 0 Å². The Bertz CT molecular complexity index is 684. The second-order valence-electron chi connectivity index (χ2n) is 4.76. The molecule has 0 aromatic carbocycles. The van der Waals surface area contributed by atoms with E-state index >= 15 is 0 Å². The third-order valence-corrected chi connectivity index (χ3v) is 3.45. The Kier molecular flexibility index (Phi) is 2.94. The predicted octanol–water partition coefficient (Wildman–Crippen LogP) is 1.06. The molecule has 0 atom stereocenters. The Morgan fingerprint density at radius 1 is 1.47 bits per heavy atom. The molecule has 5 nitrogen and oxygen atoms in total. The van der Waals surface area contributed by atoms with Crippen LogP contribution in [0.15, 0.2) is 35.5 Å². The minimum absolute atomic E-state index is 0.0381. The number of aromatic nitrogens is 3. The maximum absolute atomic E-state index is 12.1. The summed E-state index contributed by atoms with van der Waals surface area (Å²) in [6.07, 6.45) is 7.54. The maximum atomic E-state index is 12.1. The van der Waals surface area contributed by atoms with Crippen molar-refractivity contribution in [3.8, 4) is 0 Å². The average Bonchev–Trinajstić information content (AvgIpc) is 3.17. The monoisotopic (exact) mass is 274 g/mol. The van der Waals surface area contributed by atoms with E-state index in [4.69, 9.17) is 18.0 Å². The summed E-state index contributed by atoms with van der Waals surface area (Å²) in [5, 5.41) is 0. The number of imidazole rings is 1. The molecule has 0 saturated heterocycles. The summed E-state index contributed by atoms with van der Waals surface area (Å²) in [6.45, 7) is 0.511. The van der Waals surface area contributed by atoms with E-state index in [-0.39, 0.29) is 10.7 Å². The molecule has 1 aliphatic carbocycles. The van der Waals surface area contributed by atoms with Crippen molar-refractivity contribution < 1.29 is 0 Å². The van der Waals surface area contributed by atoms with E-state index in [1.54, 1.807) is 15.3 Å². The van der Waals surface area contributed by atoms with E-state index in [1.807, 2.05) is 24.5 Å². The predicted molar refractivity (Wildman–Crippen MR) is 76.2 cm³/mol. The largest absolute Gasteiger partial charge is 0.388 e. The fourth-order valence-corrected chi connectivity index (χ4v) is 2.19. The molecule has 1 fully saturated rings. The van der Waals surface area contributed by atoms with E-state index in [9.17, 15) is 4.79 Å². The Hall–Kier alpha value is -1.95. The van der Waals surface area contributed by atoms with Gasteiger partial charge >= 0.3 is 5.69 Å². The van der Waals surface area contributed by atoms with Gasteiger partial charge in [0.25, 0.3) is 0 Å². The van der Waals surface area contributed by atoms with Gasteiger partial charge in [0.2, 0.25) is 0 Å². The topological polar surface area (TPSA) is 65.8 Å². The summed E-state index contributed by atoms with van der Waals surface area (Å²) in [4.78, 5) is 16.5. The molecule has 2 heterocycles. The molecule has 0 spiro atoms. The number of nitrogens with zero attached hydrogens (tertiary/aromatic N) is 3. The van der Waals surface area contributed by atoms with Crippen LogP contribution < -0.4 is 11.4 Å². The highest BCUT2D eigenvalue weighted by Gasteiger charge is 2.25. The fraction of sp³-hybridized carbons (Fsp3) is 0.308. The van der Waals surface area contributed by atoms with E-state index in [0.717, 1.165) is 18.4 Å². The highest BCUT2D eigenvalue weighted by molar-refractivity contribution is 7.80. The van der Waals surface area contributed by atoms with Crippen LogP contribution in [-0.2, 0) is 6.54 Å². The lowest BCUT2D eigenvalue weighted by Crippen LogP contribution is -2.24. The number of hydrogen-bond donors (Lipinski definition) is 1. The lowest BCUT2D eigenvalue weighted by molar-refractivity contribution is 0.656. The summed E-state index contributed by atoms with van der Waals surface area (Å²) < 4.78 is 3.49. The molecule has 3 rings (SSSR count). The second-order valence-corrected chi connectivity index (χ2v) is 5.20. The van der Waals surface area contributed by atoms with Gasteiger partial charge in [0.1, 0.15) is 4.99 Å². The summed E-state index contributed by atoms with van der Waals surface area (Å²) in [5.41, 5.74) is 7.14. The van der Waals surface area contributed by atoms with Crippen LogP contribution in [0.25, 0.3) is 0 Å². The van der Waals surface area contributed by atoms with Gasteiger partial charge in [-0.15, -0.1) is 0 Å². The summed E-state index contributed by atoms with van der Waals surface area (Å²) >= 11 is 4.90. The highest BCUT2D eigenvalue weighted by Crippen LogP contribution is 2.33. The Morgan fingerprint density at radius 3 is 2.95 bits per heavy atom. The number of hydrogen-bond acceptors (Lipinski definition) is 3. The van der Waals surface area contributed by atoms with Crippen LogP contribution in [0.2, 0.25) is 0 Å². The lowest BCUT2D eigenvalue weighted by Gasteiger charge is -2.04. The van der Waals surface area contributed by atoms with Crippen LogP contribution in [0.4, 0.5) is 0 Å². The molecule has 2 aromatic rings. The van der Waals surface area contributed by atoms with Crippen molar-refractivity contribution >= 4 is 17.2 Å². The second kappa shape index (κ2) is 4.62. The van der Waals surface area contributed by atoms with Crippen LogP contribution >= 0.6 is 12.2 Å². The zero-order valence-corrected chi connectivity index (χ0v) is 11.1. The zero-order valence-electron chi connectivity index (χ0n) is 10.3. The molecule has 1 saturated carbocycles. The smallest absolute Gasteiger partial charge is 0.328 e. The van der Waals surface area contributed by atoms with Gasteiger partial charge in [0.05, 0.1) is 12.2 Å². The molecule has 0 unspecified atom stereocenters. The van der Waals surface area contributed by atoms with E-state index in [0.29, 0.717) is 18.3 Å². The Labute approximate surface area is 115 Å². The third kappa shape index (κ3) is 2.44. The van der Waals surface area contributed by atoms with Gasteiger partial charge in [-0.1, -0.05) is 12.2 Å². The van der Waals surface area contributed by atoms with E-state index < -0.39 is 0 Å². The molecule has 0 amide bonds. The van der Waals surface area contributed by atoms with Gasteiger partial charge in [0, 0.05) is 24.6 Å². The van der Waals surface area contributed by atoms with Crippen LogP contribution in [0.1, 0.15) is 30.1 Å². The molecule has 98 valence electrons. The van der Waals surface area contributed by atoms with Gasteiger partial charge in [0.15, 0.2) is 0 Å². The molecule has 0 aliphatic heterocycles. The van der Waals surface area contributed by atoms with Crippen molar-refractivity contribution in [2.24, 2.45) is 5.73 Å². The maximum Gasteiger partial charge on any atom is 0.328 e. The van der Waals surface area contributed by atoms with Crippen molar-refractivity contribution in [1.29, 1.82) is 0 Å². The standard InChI is InChI=1S/C13H14N4OS/c14-12(19)11-7-9(3-4-15-11)8-16-5-6-17(13(16)18)10-1-2-10/h3-7,10H,1-2,8H2,(H2,14,19). The Balaban J connectivity index is 1.87. The van der Waals surface area contributed by atoms with Gasteiger partial charge < -0.3 is 5.73 Å². The van der Waals surface area contributed by atoms with Gasteiger partial charge in [-0.25, -0.2) is 4.79 Å². The SMILES string of the molecule is NC(=S)c1cc(Cn2ccn(C3CC3)c2=O)ccn1. The first-order valence-electron chi connectivity index (χ1n) is 6.17. The van der Waals surface area contributed by atoms with Crippen molar-refractivity contribution in [3.63, 3.8) is 0 Å². The minimum Gasteiger partial charge on any atom is -0.388 e. The van der Waals surface area contributed by atoms with Crippen molar-refractivity contribution in [2.45, 2.75) is 25.4 Å². The first-order valence-corrected chi connectivity index (χ1v) is 6.58. The van der Waals surface area contributed by atoms with Gasteiger partial charge in [-0.3, -0.25) is 14.1 Å². The first kappa shape index (κ1) is 12.1. The van der Waals surface area contributed by atoms with E-state index in [2.05, 4.69) is 4.98 Å². The summed E-state index contributed by atoms with van der Waals surface area (Å²) in [6, 6.07) is 4.09. The summed E-state index contributed by atoms with van der Waals surface area (Å²) in [7, 11) is 0. The highest BCUT2D eigenvalue weighted by atomic mass is 32.1. The third-order valence-electron chi connectivity index (χ3n) is 3.24. The zero-order chi connectivity index (χ0) is 13.4. The number of pyridine rings is 1.